The van der Waals surface area contributed by atoms with Gasteiger partial charge >= 0.3 is 7.12 Å². The van der Waals surface area contributed by atoms with Crippen molar-refractivity contribution in [3.05, 3.63) is 30.0 Å². The number of nitrogens with zero attached hydrogens (tertiary/aromatic N) is 1. The molecule has 0 bridgehead atoms. The molecule has 0 radical (unpaired) electrons. The van der Waals surface area contributed by atoms with Gasteiger partial charge in [0, 0.05) is 23.5 Å². The summed E-state index contributed by atoms with van der Waals surface area (Å²) in [5, 5.41) is 19.4. The Morgan fingerprint density at radius 1 is 1.24 bits per heavy atom. The monoisotopic (exact) mass is 251 g/mol. The molecule has 1 aliphatic rings. The molecule has 0 saturated heterocycles. The predicted octanol–water partition coefficient (Wildman–Crippen LogP) is 0.271. The molecule has 2 aromatic rings. The molecule has 0 aliphatic carbocycles. The molecule has 0 spiro atoms. The van der Waals surface area contributed by atoms with Crippen LogP contribution in [0.15, 0.2) is 24.4 Å². The van der Waals surface area contributed by atoms with E-state index in [1.165, 1.54) is 0 Å². The van der Waals surface area contributed by atoms with Gasteiger partial charge < -0.3 is 14.8 Å². The van der Waals surface area contributed by atoms with E-state index in [1.807, 2.05) is 6.07 Å². The third-order valence-electron chi connectivity index (χ3n) is 2.88. The number of rotatable bonds is 1. The van der Waals surface area contributed by atoms with Crippen molar-refractivity contribution in [2.24, 2.45) is 0 Å². The van der Waals surface area contributed by atoms with Crippen LogP contribution in [0.5, 0.6) is 5.75 Å². The third kappa shape index (κ3) is 1.86. The van der Waals surface area contributed by atoms with Crippen molar-refractivity contribution in [3.63, 3.8) is 0 Å². The van der Waals surface area contributed by atoms with E-state index in [0.29, 0.717) is 17.6 Å². The van der Waals surface area contributed by atoms with Gasteiger partial charge in [0.05, 0.1) is 12.1 Å². The summed E-state index contributed by atoms with van der Waals surface area (Å²) < 4.78 is 5.53. The summed E-state index contributed by atoms with van der Waals surface area (Å²) in [5.74, 6) is 0.772. The molecular formula is C11H11BClNO3. The van der Waals surface area contributed by atoms with Crippen LogP contribution in [0, 0.1) is 0 Å². The molecule has 2 N–H and O–H groups in total. The molecule has 1 aromatic heterocycles. The average molecular weight is 251 g/mol. The average Bonchev–Trinajstić information content (AvgIpc) is 2.30. The molecule has 0 amide bonds. The van der Waals surface area contributed by atoms with Crippen molar-refractivity contribution in [1.82, 2.24) is 4.98 Å². The maximum atomic E-state index is 9.27. The zero-order valence-electron chi connectivity index (χ0n) is 8.96. The Kier molecular flexibility index (Phi) is 3.24. The van der Waals surface area contributed by atoms with E-state index in [4.69, 9.17) is 4.74 Å². The highest BCUT2D eigenvalue weighted by molar-refractivity contribution is 6.61. The van der Waals surface area contributed by atoms with Crippen molar-refractivity contribution in [2.75, 3.05) is 6.61 Å². The smallest absolute Gasteiger partial charge is 0.490 e. The van der Waals surface area contributed by atoms with E-state index in [-0.39, 0.29) is 12.4 Å². The van der Waals surface area contributed by atoms with Gasteiger partial charge in [-0.05, 0) is 17.7 Å². The topological polar surface area (TPSA) is 62.6 Å². The SMILES string of the molecule is Cl.OB(O)c1ccc2c3c(ccnc13)CCO2. The number of benzene rings is 1. The Morgan fingerprint density at radius 3 is 2.82 bits per heavy atom. The first-order valence-electron chi connectivity index (χ1n) is 5.17. The zero-order chi connectivity index (χ0) is 11.1. The van der Waals surface area contributed by atoms with Gasteiger partial charge in [0.15, 0.2) is 0 Å². The van der Waals surface area contributed by atoms with Gasteiger partial charge in [-0.15, -0.1) is 12.4 Å². The van der Waals surface area contributed by atoms with Crippen molar-refractivity contribution in [2.45, 2.75) is 6.42 Å². The van der Waals surface area contributed by atoms with Crippen LogP contribution >= 0.6 is 12.4 Å². The highest BCUT2D eigenvalue weighted by atomic mass is 35.5. The molecule has 17 heavy (non-hydrogen) atoms. The maximum absolute atomic E-state index is 9.27. The fourth-order valence-electron chi connectivity index (χ4n) is 2.13. The van der Waals surface area contributed by atoms with Gasteiger partial charge in [-0.2, -0.15) is 0 Å². The fraction of sp³-hybridized carbons (Fsp3) is 0.182. The molecule has 2 heterocycles. The lowest BCUT2D eigenvalue weighted by Gasteiger charge is -2.19. The molecule has 1 aliphatic heterocycles. The van der Waals surface area contributed by atoms with Gasteiger partial charge in [-0.1, -0.05) is 6.07 Å². The number of hydrogen-bond acceptors (Lipinski definition) is 4. The molecule has 6 heteroatoms. The first-order chi connectivity index (χ1) is 7.77. The van der Waals surface area contributed by atoms with Crippen molar-refractivity contribution >= 4 is 35.9 Å². The molecular weight excluding hydrogens is 240 g/mol. The number of aromatic nitrogens is 1. The van der Waals surface area contributed by atoms with E-state index in [9.17, 15) is 10.0 Å². The first kappa shape index (κ1) is 12.2. The standard InChI is InChI=1S/C11H10BNO3.ClH/c14-12(15)8-1-2-9-10-7(4-6-16-9)3-5-13-11(8)10;/h1-3,5,14-15H,4,6H2;1H. The van der Waals surface area contributed by atoms with Crippen LogP contribution in [-0.2, 0) is 6.42 Å². The Morgan fingerprint density at radius 2 is 2.06 bits per heavy atom. The van der Waals surface area contributed by atoms with Gasteiger partial charge in [0.25, 0.3) is 0 Å². The number of halogens is 1. The molecule has 1 aromatic carbocycles. The Bertz CT molecular complexity index is 551. The van der Waals surface area contributed by atoms with Gasteiger partial charge in [0.2, 0.25) is 0 Å². The summed E-state index contributed by atoms with van der Waals surface area (Å²) in [4.78, 5) is 4.21. The number of hydrogen-bond donors (Lipinski definition) is 2. The van der Waals surface area contributed by atoms with E-state index in [0.717, 1.165) is 23.1 Å². The summed E-state index contributed by atoms with van der Waals surface area (Å²) >= 11 is 0. The maximum Gasteiger partial charge on any atom is 0.490 e. The van der Waals surface area contributed by atoms with Crippen LogP contribution in [0.4, 0.5) is 0 Å². The number of ether oxygens (including phenoxy) is 1. The molecule has 3 rings (SSSR count). The minimum atomic E-state index is -1.50. The second-order valence-corrected chi connectivity index (χ2v) is 3.82. The van der Waals surface area contributed by atoms with Crippen LogP contribution < -0.4 is 10.2 Å². The lowest BCUT2D eigenvalue weighted by atomic mass is 9.78. The van der Waals surface area contributed by atoms with Crippen molar-refractivity contribution < 1.29 is 14.8 Å². The van der Waals surface area contributed by atoms with Crippen LogP contribution in [0.25, 0.3) is 10.9 Å². The quantitative estimate of drug-likeness (QED) is 0.714. The normalized spacial score (nSPS) is 12.8. The van der Waals surface area contributed by atoms with Crippen molar-refractivity contribution in [1.29, 1.82) is 0 Å². The summed E-state index contributed by atoms with van der Waals surface area (Å²) in [7, 11) is -1.50. The van der Waals surface area contributed by atoms with Crippen LogP contribution in [0.2, 0.25) is 0 Å². The van der Waals surface area contributed by atoms with E-state index in [2.05, 4.69) is 4.98 Å². The summed E-state index contributed by atoms with van der Waals surface area (Å²) in [6, 6.07) is 5.35. The third-order valence-corrected chi connectivity index (χ3v) is 2.88. The first-order valence-corrected chi connectivity index (χ1v) is 5.17. The highest BCUT2D eigenvalue weighted by Crippen LogP contribution is 2.30. The molecule has 88 valence electrons. The molecule has 0 saturated carbocycles. The lowest BCUT2D eigenvalue weighted by Crippen LogP contribution is -2.31. The summed E-state index contributed by atoms with van der Waals surface area (Å²) in [6.45, 7) is 0.660. The van der Waals surface area contributed by atoms with Gasteiger partial charge in [-0.3, -0.25) is 4.98 Å². The van der Waals surface area contributed by atoms with Gasteiger partial charge in [0.1, 0.15) is 5.75 Å². The molecule has 4 nitrogen and oxygen atoms in total. The van der Waals surface area contributed by atoms with Crippen LogP contribution in [0.1, 0.15) is 5.56 Å². The Balaban J connectivity index is 0.00000108. The number of pyridine rings is 1. The minimum absolute atomic E-state index is 0. The van der Waals surface area contributed by atoms with E-state index < -0.39 is 7.12 Å². The predicted molar refractivity (Wildman–Crippen MR) is 68.0 cm³/mol. The fourth-order valence-corrected chi connectivity index (χ4v) is 2.13. The van der Waals surface area contributed by atoms with Crippen molar-refractivity contribution in [3.8, 4) is 5.75 Å². The zero-order valence-corrected chi connectivity index (χ0v) is 9.78. The largest absolute Gasteiger partial charge is 0.493 e. The summed E-state index contributed by atoms with van der Waals surface area (Å²) in [6.07, 6.45) is 2.52. The van der Waals surface area contributed by atoms with Gasteiger partial charge in [-0.25, -0.2) is 0 Å². The molecule has 0 fully saturated rings. The summed E-state index contributed by atoms with van der Waals surface area (Å²) in [5.41, 5.74) is 2.18. The molecule has 0 unspecified atom stereocenters. The minimum Gasteiger partial charge on any atom is -0.493 e. The van der Waals surface area contributed by atoms with Crippen LogP contribution in [0.3, 0.4) is 0 Å². The van der Waals surface area contributed by atoms with E-state index in [1.54, 1.807) is 18.3 Å². The second-order valence-electron chi connectivity index (χ2n) is 3.82. The molecule has 0 atom stereocenters. The second kappa shape index (κ2) is 4.53. The Labute approximate surface area is 105 Å². The lowest BCUT2D eigenvalue weighted by molar-refractivity contribution is 0.318. The van der Waals surface area contributed by atoms with Crippen LogP contribution in [-0.4, -0.2) is 28.8 Å². The highest BCUT2D eigenvalue weighted by Gasteiger charge is 2.21. The Hall–Kier alpha value is -1.30. The van der Waals surface area contributed by atoms with E-state index >= 15 is 0 Å².